The van der Waals surface area contributed by atoms with Crippen LogP contribution in [0.25, 0.3) is 0 Å². The molecule has 1 aliphatic heterocycles. The van der Waals surface area contributed by atoms with Crippen molar-refractivity contribution in [3.8, 4) is 11.5 Å². The molecule has 4 rings (SSSR count). The number of hydrogen-bond donors (Lipinski definition) is 1. The fourth-order valence-corrected chi connectivity index (χ4v) is 5.77. The number of ether oxygens (including phenoxy) is 2. The number of carbonyl (C=O) groups is 2. The van der Waals surface area contributed by atoms with E-state index in [1.54, 1.807) is 13.8 Å². The van der Waals surface area contributed by atoms with Crippen LogP contribution in [-0.2, 0) is 26.0 Å². The average Bonchev–Trinajstić information content (AvgIpc) is 2.96. The highest BCUT2D eigenvalue weighted by molar-refractivity contribution is 7.92. The van der Waals surface area contributed by atoms with Crippen molar-refractivity contribution in [1.82, 2.24) is 10.2 Å². The van der Waals surface area contributed by atoms with Gasteiger partial charge in [-0.3, -0.25) is 13.9 Å². The molecule has 2 amide bonds. The topological polar surface area (TPSA) is 105 Å². The zero-order valence-electron chi connectivity index (χ0n) is 22.4. The molecule has 0 spiro atoms. The SMILES string of the molecule is CCNC(=O)[C@@H](C)N(CCc1ccccc1)C(=O)CN(c1ccc(F)cc1)S(=O)(=O)c1ccc2c(c1)OCCO2. The monoisotopic (exact) mass is 569 g/mol. The summed E-state index contributed by atoms with van der Waals surface area (Å²) in [5.41, 5.74) is 1.06. The molecule has 0 saturated carbocycles. The lowest BCUT2D eigenvalue weighted by molar-refractivity contribution is -0.138. The van der Waals surface area contributed by atoms with E-state index >= 15 is 0 Å². The smallest absolute Gasteiger partial charge is 0.264 e. The van der Waals surface area contributed by atoms with E-state index in [9.17, 15) is 22.4 Å². The van der Waals surface area contributed by atoms with E-state index in [1.165, 1.54) is 35.2 Å². The van der Waals surface area contributed by atoms with Crippen molar-refractivity contribution in [1.29, 1.82) is 0 Å². The van der Waals surface area contributed by atoms with Gasteiger partial charge in [0.25, 0.3) is 10.0 Å². The minimum absolute atomic E-state index is 0.0957. The van der Waals surface area contributed by atoms with Crippen LogP contribution in [0.4, 0.5) is 10.1 Å². The Kier molecular flexibility index (Phi) is 9.26. The van der Waals surface area contributed by atoms with Crippen molar-refractivity contribution in [3.63, 3.8) is 0 Å². The van der Waals surface area contributed by atoms with Gasteiger partial charge in [0, 0.05) is 19.2 Å². The number of fused-ring (bicyclic) bond motifs is 1. The van der Waals surface area contributed by atoms with Crippen LogP contribution in [0.5, 0.6) is 11.5 Å². The number of carbonyl (C=O) groups excluding carboxylic acids is 2. The van der Waals surface area contributed by atoms with E-state index in [0.29, 0.717) is 25.3 Å². The van der Waals surface area contributed by atoms with Crippen LogP contribution in [0, 0.1) is 5.82 Å². The predicted molar refractivity (Wildman–Crippen MR) is 148 cm³/mol. The molecule has 0 aliphatic carbocycles. The number of amides is 2. The van der Waals surface area contributed by atoms with Gasteiger partial charge in [0.1, 0.15) is 31.6 Å². The molecule has 0 radical (unpaired) electrons. The highest BCUT2D eigenvalue weighted by Crippen LogP contribution is 2.34. The molecule has 1 atom stereocenters. The Hall–Kier alpha value is -4.12. The standard InChI is InChI=1S/C29H32FN3O6S/c1-3-31-29(35)21(2)32(16-15-22-7-5-4-6-8-22)28(34)20-33(24-11-9-23(30)10-12-24)40(36,37)25-13-14-26-27(19-25)39-18-17-38-26/h4-14,19,21H,3,15-18,20H2,1-2H3,(H,31,35)/t21-/m1/s1. The molecular formula is C29H32FN3O6S. The zero-order chi connectivity index (χ0) is 28.7. The van der Waals surface area contributed by atoms with Crippen molar-refractivity contribution in [2.45, 2.75) is 31.2 Å². The number of halogens is 1. The fraction of sp³-hybridized carbons (Fsp3) is 0.310. The van der Waals surface area contributed by atoms with Gasteiger partial charge in [0.05, 0.1) is 10.6 Å². The van der Waals surface area contributed by atoms with Crippen LogP contribution in [-0.4, -0.2) is 64.0 Å². The maximum absolute atomic E-state index is 13.9. The average molecular weight is 570 g/mol. The lowest BCUT2D eigenvalue weighted by Gasteiger charge is -2.32. The molecule has 1 N–H and O–H groups in total. The zero-order valence-corrected chi connectivity index (χ0v) is 23.2. The van der Waals surface area contributed by atoms with Crippen molar-refractivity contribution >= 4 is 27.5 Å². The summed E-state index contributed by atoms with van der Waals surface area (Å²) in [6.07, 6.45) is 0.460. The lowest BCUT2D eigenvalue weighted by Crippen LogP contribution is -2.52. The quantitative estimate of drug-likeness (QED) is 0.380. The summed E-state index contributed by atoms with van der Waals surface area (Å²) in [7, 11) is -4.33. The summed E-state index contributed by atoms with van der Waals surface area (Å²) in [6, 6.07) is 17.6. The number of benzene rings is 3. The Balaban J connectivity index is 1.68. The highest BCUT2D eigenvalue weighted by atomic mass is 32.2. The van der Waals surface area contributed by atoms with Gasteiger partial charge in [0.2, 0.25) is 11.8 Å². The van der Waals surface area contributed by atoms with Gasteiger partial charge < -0.3 is 19.7 Å². The van der Waals surface area contributed by atoms with Crippen LogP contribution in [0.1, 0.15) is 19.4 Å². The molecule has 0 fully saturated rings. The minimum atomic E-state index is -4.33. The second kappa shape index (κ2) is 12.8. The Morgan fingerprint density at radius 1 is 0.975 bits per heavy atom. The molecule has 3 aromatic carbocycles. The first-order valence-electron chi connectivity index (χ1n) is 13.0. The van der Waals surface area contributed by atoms with Crippen molar-refractivity contribution < 1.29 is 31.9 Å². The van der Waals surface area contributed by atoms with Crippen LogP contribution >= 0.6 is 0 Å². The first kappa shape index (κ1) is 28.9. The fourth-order valence-electron chi connectivity index (χ4n) is 4.34. The maximum Gasteiger partial charge on any atom is 0.264 e. The Morgan fingerprint density at radius 3 is 2.33 bits per heavy atom. The lowest BCUT2D eigenvalue weighted by atomic mass is 10.1. The molecule has 11 heteroatoms. The van der Waals surface area contributed by atoms with Gasteiger partial charge in [0.15, 0.2) is 11.5 Å². The van der Waals surface area contributed by atoms with Gasteiger partial charge in [-0.25, -0.2) is 12.8 Å². The number of nitrogens with zero attached hydrogens (tertiary/aromatic N) is 2. The molecule has 0 bridgehead atoms. The van der Waals surface area contributed by atoms with Crippen LogP contribution in [0.3, 0.4) is 0 Å². The second-order valence-corrected chi connectivity index (χ2v) is 11.0. The van der Waals surface area contributed by atoms with Crippen LogP contribution < -0.4 is 19.1 Å². The molecule has 9 nitrogen and oxygen atoms in total. The third-order valence-corrected chi connectivity index (χ3v) is 8.27. The van der Waals surface area contributed by atoms with Gasteiger partial charge in [-0.2, -0.15) is 0 Å². The van der Waals surface area contributed by atoms with E-state index in [4.69, 9.17) is 9.47 Å². The van der Waals surface area contributed by atoms with Crippen LogP contribution in [0.15, 0.2) is 77.7 Å². The predicted octanol–water partition coefficient (Wildman–Crippen LogP) is 3.39. The summed E-state index contributed by atoms with van der Waals surface area (Å²) in [4.78, 5) is 27.8. The number of likely N-dealkylation sites (N-methyl/N-ethyl adjacent to an activating group) is 1. The summed E-state index contributed by atoms with van der Waals surface area (Å²) in [5.74, 6) is -0.808. The van der Waals surface area contributed by atoms with Gasteiger partial charge >= 0.3 is 0 Å². The molecule has 40 heavy (non-hydrogen) atoms. The molecule has 0 unspecified atom stereocenters. The van der Waals surface area contributed by atoms with E-state index < -0.39 is 34.3 Å². The van der Waals surface area contributed by atoms with E-state index in [-0.39, 0.29) is 35.4 Å². The summed E-state index contributed by atoms with van der Waals surface area (Å²) < 4.78 is 53.6. The Bertz CT molecular complexity index is 1430. The Morgan fingerprint density at radius 2 is 1.65 bits per heavy atom. The van der Waals surface area contributed by atoms with Crippen molar-refractivity contribution in [2.75, 3.05) is 37.2 Å². The molecule has 3 aromatic rings. The van der Waals surface area contributed by atoms with Gasteiger partial charge in [-0.1, -0.05) is 30.3 Å². The second-order valence-electron chi connectivity index (χ2n) is 9.19. The summed E-state index contributed by atoms with van der Waals surface area (Å²) in [5, 5.41) is 2.72. The number of rotatable bonds is 11. The highest BCUT2D eigenvalue weighted by Gasteiger charge is 2.33. The molecule has 1 heterocycles. The maximum atomic E-state index is 13.9. The largest absolute Gasteiger partial charge is 0.486 e. The summed E-state index contributed by atoms with van der Waals surface area (Å²) >= 11 is 0. The van der Waals surface area contributed by atoms with E-state index in [2.05, 4.69) is 5.32 Å². The number of sulfonamides is 1. The van der Waals surface area contributed by atoms with E-state index in [0.717, 1.165) is 22.0 Å². The molecule has 0 aromatic heterocycles. The molecular weight excluding hydrogens is 537 g/mol. The third kappa shape index (κ3) is 6.71. The number of anilines is 1. The van der Waals surface area contributed by atoms with E-state index in [1.807, 2.05) is 30.3 Å². The molecule has 1 aliphatic rings. The van der Waals surface area contributed by atoms with Gasteiger partial charge in [-0.15, -0.1) is 0 Å². The summed E-state index contributed by atoms with van der Waals surface area (Å²) in [6.45, 7) is 3.94. The van der Waals surface area contributed by atoms with Gasteiger partial charge in [-0.05, 0) is 62.2 Å². The third-order valence-electron chi connectivity index (χ3n) is 6.50. The number of hydrogen-bond acceptors (Lipinski definition) is 6. The minimum Gasteiger partial charge on any atom is -0.486 e. The van der Waals surface area contributed by atoms with Crippen LogP contribution in [0.2, 0.25) is 0 Å². The molecule has 212 valence electrons. The first-order chi connectivity index (χ1) is 19.2. The Labute approximate surface area is 233 Å². The number of nitrogens with one attached hydrogen (secondary N) is 1. The molecule has 0 saturated heterocycles. The normalized spacial score (nSPS) is 13.3. The van der Waals surface area contributed by atoms with Crippen molar-refractivity contribution in [2.24, 2.45) is 0 Å². The van der Waals surface area contributed by atoms with Crippen molar-refractivity contribution in [3.05, 3.63) is 84.2 Å². The first-order valence-corrected chi connectivity index (χ1v) is 14.4.